The van der Waals surface area contributed by atoms with Crippen LogP contribution in [0.3, 0.4) is 0 Å². The summed E-state index contributed by atoms with van der Waals surface area (Å²) in [6.45, 7) is 2.22. The molecule has 0 saturated heterocycles. The molecule has 0 unspecified atom stereocenters. The van der Waals surface area contributed by atoms with E-state index in [1.807, 2.05) is 0 Å². The Kier molecular flexibility index (Phi) is 5.83. The molecule has 0 aromatic heterocycles. The maximum absolute atomic E-state index is 4.93. The van der Waals surface area contributed by atoms with E-state index in [-0.39, 0.29) is 0 Å². The van der Waals surface area contributed by atoms with Crippen molar-refractivity contribution in [2.75, 3.05) is 0 Å². The van der Waals surface area contributed by atoms with E-state index < -0.39 is 20.8 Å². The molecule has 1 aliphatic rings. The van der Waals surface area contributed by atoms with Crippen molar-refractivity contribution < 1.29 is 20.8 Å². The Morgan fingerprint density at radius 2 is 1.37 bits per heavy atom. The predicted octanol–water partition coefficient (Wildman–Crippen LogP) is 8.00. The van der Waals surface area contributed by atoms with E-state index in [1.54, 1.807) is 0 Å². The van der Waals surface area contributed by atoms with Crippen LogP contribution in [-0.2, 0) is 27.3 Å². The summed E-state index contributed by atoms with van der Waals surface area (Å²) < 4.78 is 0. The van der Waals surface area contributed by atoms with Gasteiger partial charge in [0.25, 0.3) is 0 Å². The Labute approximate surface area is 178 Å². The van der Waals surface area contributed by atoms with E-state index in [4.69, 9.17) is 17.0 Å². The number of fused-ring (bicyclic) bond motifs is 3. The molecule has 0 aliphatic heterocycles. The number of allylic oxidation sites excluding steroid dienone is 1. The topological polar surface area (TPSA) is 0 Å². The zero-order valence-corrected chi connectivity index (χ0v) is 18.9. The molecule has 0 bridgehead atoms. The van der Waals surface area contributed by atoms with E-state index in [2.05, 4.69) is 85.8 Å². The van der Waals surface area contributed by atoms with Gasteiger partial charge in [-0.1, -0.05) is 72.3 Å². The van der Waals surface area contributed by atoms with Gasteiger partial charge in [0.05, 0.1) is 0 Å². The monoisotopic (exact) mass is 466 g/mol. The molecule has 5 rings (SSSR count). The van der Waals surface area contributed by atoms with Gasteiger partial charge in [0.1, 0.15) is 0 Å². The van der Waals surface area contributed by atoms with E-state index in [0.717, 1.165) is 6.42 Å². The number of hydrogen-bond acceptors (Lipinski definition) is 0. The van der Waals surface area contributed by atoms with Crippen LogP contribution in [-0.4, -0.2) is 0 Å². The molecule has 0 atom stereocenters. The SMILES string of the molecule is CC1=Cc2c(cccc2-c2cccc3cc4ccccc4cc23)C1.[Cl][Zr][Cl]. The van der Waals surface area contributed by atoms with Gasteiger partial charge in [-0.3, -0.25) is 0 Å². The standard InChI is InChI=1S/C24H18.2ClH.Zr/c1-16-12-19-8-4-10-21(23(19)13-16)22-11-5-9-20-14-17-6-2-3-7-18(17)15-24(20)22;;;/h2-11,13-15H,12H2,1H3;2*1H;/q;;;+2/p-2. The summed E-state index contributed by atoms with van der Waals surface area (Å²) in [5, 5.41) is 5.25. The van der Waals surface area contributed by atoms with Crippen molar-refractivity contribution in [3.05, 3.63) is 89.5 Å². The molecule has 0 fully saturated rings. The number of hydrogen-bond donors (Lipinski definition) is 0. The van der Waals surface area contributed by atoms with Crippen molar-refractivity contribution in [2.45, 2.75) is 13.3 Å². The number of halogens is 2. The van der Waals surface area contributed by atoms with Gasteiger partial charge in [-0.15, -0.1) is 0 Å². The molecule has 132 valence electrons. The van der Waals surface area contributed by atoms with Gasteiger partial charge in [-0.25, -0.2) is 0 Å². The molecule has 0 amide bonds. The van der Waals surface area contributed by atoms with Crippen molar-refractivity contribution in [3.8, 4) is 11.1 Å². The second-order valence-electron chi connectivity index (χ2n) is 6.84. The van der Waals surface area contributed by atoms with E-state index in [0.29, 0.717) is 0 Å². The first-order valence-electron chi connectivity index (χ1n) is 8.88. The summed E-state index contributed by atoms with van der Waals surface area (Å²) in [5.41, 5.74) is 6.98. The Morgan fingerprint density at radius 3 is 2.15 bits per heavy atom. The van der Waals surface area contributed by atoms with Crippen LogP contribution in [0.1, 0.15) is 18.1 Å². The van der Waals surface area contributed by atoms with Gasteiger partial charge in [-0.05, 0) is 69.3 Å². The third-order valence-corrected chi connectivity index (χ3v) is 5.09. The normalized spacial score (nSPS) is 12.3. The zero-order valence-electron chi connectivity index (χ0n) is 15.0. The average molecular weight is 469 g/mol. The Balaban J connectivity index is 0.000000565. The molecule has 0 radical (unpaired) electrons. The van der Waals surface area contributed by atoms with E-state index in [1.165, 1.54) is 49.4 Å². The van der Waals surface area contributed by atoms with E-state index >= 15 is 0 Å². The summed E-state index contributed by atoms with van der Waals surface area (Å²) in [6, 6.07) is 26.6. The van der Waals surface area contributed by atoms with Crippen molar-refractivity contribution >= 4 is 44.6 Å². The zero-order chi connectivity index (χ0) is 18.8. The third-order valence-electron chi connectivity index (χ3n) is 5.09. The van der Waals surface area contributed by atoms with Crippen molar-refractivity contribution in [2.24, 2.45) is 0 Å². The van der Waals surface area contributed by atoms with Crippen LogP contribution in [0.5, 0.6) is 0 Å². The summed E-state index contributed by atoms with van der Waals surface area (Å²) in [6.07, 6.45) is 3.43. The van der Waals surface area contributed by atoms with Crippen molar-refractivity contribution in [1.82, 2.24) is 0 Å². The van der Waals surface area contributed by atoms with Gasteiger partial charge in [-0.2, -0.15) is 0 Å². The van der Waals surface area contributed by atoms with E-state index in [9.17, 15) is 0 Å². The molecular weight excluding hydrogens is 450 g/mol. The fourth-order valence-electron chi connectivity index (χ4n) is 3.97. The molecule has 0 nitrogen and oxygen atoms in total. The molecule has 0 saturated carbocycles. The number of rotatable bonds is 1. The molecule has 4 aromatic rings. The summed E-state index contributed by atoms with van der Waals surface area (Å²) in [7, 11) is 9.87. The van der Waals surface area contributed by atoms with Gasteiger partial charge in [0.15, 0.2) is 0 Å². The minimum absolute atomic E-state index is 0.826. The molecule has 0 N–H and O–H groups in total. The molecule has 1 aliphatic carbocycles. The Hall–Kier alpha value is -1.40. The average Bonchev–Trinajstić information content (AvgIpc) is 3.07. The Morgan fingerprint density at radius 1 is 0.741 bits per heavy atom. The maximum atomic E-state index is 4.93. The van der Waals surface area contributed by atoms with Gasteiger partial charge in [0.2, 0.25) is 0 Å². The van der Waals surface area contributed by atoms with Crippen LogP contribution < -0.4 is 0 Å². The second kappa shape index (κ2) is 8.31. The first kappa shape index (κ1) is 18.9. The molecule has 27 heavy (non-hydrogen) atoms. The van der Waals surface area contributed by atoms with Crippen LogP contribution in [0.4, 0.5) is 0 Å². The third kappa shape index (κ3) is 3.79. The summed E-state index contributed by atoms with van der Waals surface area (Å²) in [4.78, 5) is 0. The van der Waals surface area contributed by atoms with Crippen LogP contribution in [0.2, 0.25) is 0 Å². The summed E-state index contributed by atoms with van der Waals surface area (Å²) in [5.74, 6) is 0. The van der Waals surface area contributed by atoms with Crippen molar-refractivity contribution in [3.63, 3.8) is 0 Å². The fraction of sp³-hybridized carbons (Fsp3) is 0.0833. The van der Waals surface area contributed by atoms with Gasteiger partial charge in [0, 0.05) is 0 Å². The first-order chi connectivity index (χ1) is 13.2. The molecule has 0 heterocycles. The number of benzene rings is 4. The quantitative estimate of drug-likeness (QED) is 0.248. The van der Waals surface area contributed by atoms with Crippen LogP contribution >= 0.6 is 17.0 Å². The predicted molar refractivity (Wildman–Crippen MR) is 116 cm³/mol. The molecule has 0 spiro atoms. The van der Waals surface area contributed by atoms with Gasteiger partial charge >= 0.3 is 37.9 Å². The molecular formula is C24H18Cl2Zr. The second-order valence-corrected chi connectivity index (χ2v) is 10.6. The minimum atomic E-state index is -0.826. The fourth-order valence-corrected chi connectivity index (χ4v) is 3.97. The molecule has 4 aromatic carbocycles. The molecule has 3 heteroatoms. The van der Waals surface area contributed by atoms with Crippen LogP contribution in [0.15, 0.2) is 78.4 Å². The van der Waals surface area contributed by atoms with Crippen LogP contribution in [0, 0.1) is 0 Å². The Bertz CT molecular complexity index is 1160. The first-order valence-corrected chi connectivity index (χ1v) is 15.2. The summed E-state index contributed by atoms with van der Waals surface area (Å²) >= 11 is -0.826. The van der Waals surface area contributed by atoms with Crippen LogP contribution in [0.25, 0.3) is 38.7 Å². The van der Waals surface area contributed by atoms with Gasteiger partial charge < -0.3 is 0 Å². The van der Waals surface area contributed by atoms with Crippen molar-refractivity contribution in [1.29, 1.82) is 0 Å².